The minimum absolute atomic E-state index is 0.0991. The Labute approximate surface area is 164 Å². The molecule has 2 aliphatic rings. The fraction of sp³-hybridized carbons (Fsp3) is 0.409. The van der Waals surface area contributed by atoms with E-state index in [2.05, 4.69) is 36.4 Å². The fourth-order valence-electron chi connectivity index (χ4n) is 4.31. The van der Waals surface area contributed by atoms with Gasteiger partial charge in [-0.25, -0.2) is 4.68 Å². The first-order valence-corrected chi connectivity index (χ1v) is 9.72. The number of Topliss-reactive ketones (excluding diaryl/α,β-unsaturated/α-hetero) is 1. The standard InChI is InChI=1S/C22H26N4O2/c1-13-20-18(11-22(2,3)12-19(20)27)26(25-13)15-8-9-16(21(23)28)17(10-15)24-14-6-4-5-7-14/h4-5,8-10,14,24H,6-7,11-12H2,1-3H3,(H2,23,28). The predicted molar refractivity (Wildman–Crippen MR) is 109 cm³/mol. The number of hydrogen-bond donors (Lipinski definition) is 2. The van der Waals surface area contributed by atoms with Crippen LogP contribution >= 0.6 is 0 Å². The highest BCUT2D eigenvalue weighted by Crippen LogP contribution is 2.37. The van der Waals surface area contributed by atoms with Gasteiger partial charge in [0.25, 0.3) is 5.91 Å². The third kappa shape index (κ3) is 3.23. The minimum Gasteiger partial charge on any atom is -0.381 e. The molecular formula is C22H26N4O2. The first kappa shape index (κ1) is 18.5. The molecule has 28 heavy (non-hydrogen) atoms. The monoisotopic (exact) mass is 378 g/mol. The highest BCUT2D eigenvalue weighted by Gasteiger charge is 2.35. The summed E-state index contributed by atoms with van der Waals surface area (Å²) >= 11 is 0. The zero-order valence-corrected chi connectivity index (χ0v) is 16.6. The van der Waals surface area contributed by atoms with Gasteiger partial charge >= 0.3 is 0 Å². The van der Waals surface area contributed by atoms with Gasteiger partial charge in [-0.3, -0.25) is 9.59 Å². The summed E-state index contributed by atoms with van der Waals surface area (Å²) in [6.45, 7) is 6.10. The quantitative estimate of drug-likeness (QED) is 0.796. The highest BCUT2D eigenvalue weighted by atomic mass is 16.1. The Kier molecular flexibility index (Phi) is 4.37. The summed E-state index contributed by atoms with van der Waals surface area (Å²) in [4.78, 5) is 24.6. The van der Waals surface area contributed by atoms with Crippen LogP contribution in [0.25, 0.3) is 5.69 Å². The molecule has 1 aromatic heterocycles. The average molecular weight is 378 g/mol. The van der Waals surface area contributed by atoms with E-state index in [9.17, 15) is 9.59 Å². The maximum atomic E-state index is 12.7. The number of ketones is 1. The number of nitrogens with zero attached hydrogens (tertiary/aromatic N) is 2. The van der Waals surface area contributed by atoms with E-state index in [1.54, 1.807) is 6.07 Å². The SMILES string of the molecule is Cc1nn(-c2ccc(C(N)=O)c(NC3CC=CC3)c2)c2c1C(=O)CC(C)(C)C2. The number of hydrogen-bond acceptors (Lipinski definition) is 4. The number of anilines is 1. The van der Waals surface area contributed by atoms with Crippen LogP contribution < -0.4 is 11.1 Å². The topological polar surface area (TPSA) is 90.0 Å². The molecule has 0 saturated carbocycles. The molecule has 0 radical (unpaired) electrons. The molecule has 6 heteroatoms. The van der Waals surface area contributed by atoms with Crippen LogP contribution in [0.4, 0.5) is 5.69 Å². The Hall–Kier alpha value is -2.89. The number of aryl methyl sites for hydroxylation is 1. The van der Waals surface area contributed by atoms with Crippen LogP contribution in [-0.4, -0.2) is 27.5 Å². The molecule has 0 atom stereocenters. The number of nitrogens with one attached hydrogen (secondary N) is 1. The van der Waals surface area contributed by atoms with Crippen molar-refractivity contribution < 1.29 is 9.59 Å². The van der Waals surface area contributed by atoms with Crippen LogP contribution in [0.3, 0.4) is 0 Å². The van der Waals surface area contributed by atoms with Crippen molar-refractivity contribution in [2.24, 2.45) is 11.1 Å². The number of carbonyl (C=O) groups is 2. The molecule has 0 spiro atoms. The number of aromatic nitrogens is 2. The van der Waals surface area contributed by atoms with E-state index in [0.29, 0.717) is 17.7 Å². The lowest BCUT2D eigenvalue weighted by Gasteiger charge is -2.29. The molecule has 0 aliphatic heterocycles. The molecule has 0 unspecified atom stereocenters. The van der Waals surface area contributed by atoms with Gasteiger partial charge in [-0.1, -0.05) is 26.0 Å². The summed E-state index contributed by atoms with van der Waals surface area (Å²) in [5, 5.41) is 8.11. The van der Waals surface area contributed by atoms with Gasteiger partial charge in [0, 0.05) is 18.2 Å². The number of carbonyl (C=O) groups excluding carboxylic acids is 2. The number of benzene rings is 1. The van der Waals surface area contributed by atoms with Crippen molar-refractivity contribution in [1.82, 2.24) is 9.78 Å². The van der Waals surface area contributed by atoms with Crippen molar-refractivity contribution >= 4 is 17.4 Å². The number of amides is 1. The van der Waals surface area contributed by atoms with Crippen LogP contribution in [0.1, 0.15) is 65.2 Å². The Bertz CT molecular complexity index is 992. The maximum absolute atomic E-state index is 12.7. The lowest BCUT2D eigenvalue weighted by atomic mass is 9.75. The fourth-order valence-corrected chi connectivity index (χ4v) is 4.31. The van der Waals surface area contributed by atoms with Crippen LogP contribution in [0, 0.1) is 12.3 Å². The van der Waals surface area contributed by atoms with Gasteiger partial charge < -0.3 is 11.1 Å². The van der Waals surface area contributed by atoms with Crippen molar-refractivity contribution in [1.29, 1.82) is 0 Å². The molecule has 6 nitrogen and oxygen atoms in total. The van der Waals surface area contributed by atoms with Crippen molar-refractivity contribution in [3.8, 4) is 5.69 Å². The van der Waals surface area contributed by atoms with Crippen molar-refractivity contribution in [3.63, 3.8) is 0 Å². The van der Waals surface area contributed by atoms with E-state index in [1.807, 2.05) is 23.7 Å². The first-order valence-electron chi connectivity index (χ1n) is 9.72. The summed E-state index contributed by atoms with van der Waals surface area (Å²) in [5.41, 5.74) is 9.93. The molecule has 2 aliphatic carbocycles. The lowest BCUT2D eigenvalue weighted by molar-refractivity contribution is 0.0909. The highest BCUT2D eigenvalue weighted by molar-refractivity contribution is 6.00. The minimum atomic E-state index is -0.463. The van der Waals surface area contributed by atoms with Gasteiger partial charge in [-0.2, -0.15) is 5.10 Å². The Balaban J connectivity index is 1.79. The largest absolute Gasteiger partial charge is 0.381 e. The zero-order valence-electron chi connectivity index (χ0n) is 16.6. The molecule has 1 heterocycles. The molecule has 0 saturated heterocycles. The number of fused-ring (bicyclic) bond motifs is 1. The molecule has 3 N–H and O–H groups in total. The Morgan fingerprint density at radius 1 is 1.25 bits per heavy atom. The normalized spacial score (nSPS) is 18.3. The van der Waals surface area contributed by atoms with Gasteiger partial charge in [0.05, 0.1) is 28.2 Å². The molecule has 146 valence electrons. The van der Waals surface area contributed by atoms with Gasteiger partial charge in [0.2, 0.25) is 0 Å². The molecule has 1 aromatic carbocycles. The smallest absolute Gasteiger partial charge is 0.250 e. The molecule has 0 fully saturated rings. The first-order chi connectivity index (χ1) is 13.2. The van der Waals surface area contributed by atoms with E-state index in [-0.39, 0.29) is 17.2 Å². The molecule has 2 aromatic rings. The average Bonchev–Trinajstić information content (AvgIpc) is 3.21. The van der Waals surface area contributed by atoms with Crippen LogP contribution in [-0.2, 0) is 6.42 Å². The van der Waals surface area contributed by atoms with E-state index >= 15 is 0 Å². The number of primary amides is 1. The third-order valence-corrected chi connectivity index (χ3v) is 5.60. The van der Waals surface area contributed by atoms with E-state index in [4.69, 9.17) is 5.73 Å². The molecular weight excluding hydrogens is 352 g/mol. The second-order valence-electron chi connectivity index (χ2n) is 8.64. The third-order valence-electron chi connectivity index (χ3n) is 5.60. The van der Waals surface area contributed by atoms with Crippen molar-refractivity contribution in [3.05, 3.63) is 52.9 Å². The molecule has 1 amide bonds. The van der Waals surface area contributed by atoms with Gasteiger partial charge in [-0.15, -0.1) is 0 Å². The summed E-state index contributed by atoms with van der Waals surface area (Å²) in [6.07, 6.45) is 7.41. The lowest BCUT2D eigenvalue weighted by Crippen LogP contribution is -2.28. The van der Waals surface area contributed by atoms with Gasteiger partial charge in [0.15, 0.2) is 5.78 Å². The Morgan fingerprint density at radius 3 is 2.64 bits per heavy atom. The van der Waals surface area contributed by atoms with E-state index in [0.717, 1.165) is 41.9 Å². The van der Waals surface area contributed by atoms with Crippen molar-refractivity contribution in [2.45, 2.75) is 52.5 Å². The number of rotatable bonds is 4. The van der Waals surface area contributed by atoms with Crippen LogP contribution in [0.2, 0.25) is 0 Å². The summed E-state index contributed by atoms with van der Waals surface area (Å²) in [6, 6.07) is 5.75. The summed E-state index contributed by atoms with van der Waals surface area (Å²) < 4.78 is 1.85. The zero-order chi connectivity index (χ0) is 20.1. The van der Waals surface area contributed by atoms with Gasteiger partial charge in [0.1, 0.15) is 0 Å². The second-order valence-corrected chi connectivity index (χ2v) is 8.64. The van der Waals surface area contributed by atoms with Crippen LogP contribution in [0.15, 0.2) is 30.4 Å². The number of nitrogens with two attached hydrogens (primary N) is 1. The molecule has 4 rings (SSSR count). The Morgan fingerprint density at radius 2 is 1.96 bits per heavy atom. The maximum Gasteiger partial charge on any atom is 0.250 e. The van der Waals surface area contributed by atoms with Crippen molar-refractivity contribution in [2.75, 3.05) is 5.32 Å². The summed E-state index contributed by atoms with van der Waals surface area (Å²) in [5.74, 6) is -0.311. The van der Waals surface area contributed by atoms with E-state index in [1.165, 1.54) is 0 Å². The van der Waals surface area contributed by atoms with Crippen LogP contribution in [0.5, 0.6) is 0 Å². The van der Waals surface area contributed by atoms with E-state index < -0.39 is 5.91 Å². The molecule has 0 bridgehead atoms. The second kappa shape index (κ2) is 6.62. The van der Waals surface area contributed by atoms with Gasteiger partial charge in [-0.05, 0) is 49.8 Å². The summed E-state index contributed by atoms with van der Waals surface area (Å²) in [7, 11) is 0. The predicted octanol–water partition coefficient (Wildman–Crippen LogP) is 3.57.